The molecular formula is C16H29NO3. The number of carboxylic acids is 1. The first-order valence-corrected chi connectivity index (χ1v) is 7.82. The summed E-state index contributed by atoms with van der Waals surface area (Å²) in [4.78, 5) is 25.7. The second-order valence-electron chi connectivity index (χ2n) is 6.67. The van der Waals surface area contributed by atoms with Gasteiger partial charge in [-0.25, -0.2) is 0 Å². The van der Waals surface area contributed by atoms with E-state index in [2.05, 4.69) is 6.92 Å². The van der Waals surface area contributed by atoms with Crippen molar-refractivity contribution in [2.45, 2.75) is 59.8 Å². The van der Waals surface area contributed by atoms with Gasteiger partial charge in [-0.1, -0.05) is 33.6 Å². The van der Waals surface area contributed by atoms with Gasteiger partial charge in [0.1, 0.15) is 0 Å². The highest BCUT2D eigenvalue weighted by Gasteiger charge is 2.40. The fourth-order valence-electron chi connectivity index (χ4n) is 2.83. The lowest BCUT2D eigenvalue weighted by molar-refractivity contribution is -0.155. The van der Waals surface area contributed by atoms with Gasteiger partial charge in [-0.2, -0.15) is 0 Å². The summed E-state index contributed by atoms with van der Waals surface area (Å²) in [6, 6.07) is 0. The summed E-state index contributed by atoms with van der Waals surface area (Å²) in [7, 11) is 0. The summed E-state index contributed by atoms with van der Waals surface area (Å²) in [5.41, 5.74) is -0.961. The Morgan fingerprint density at radius 3 is 2.25 bits per heavy atom. The summed E-state index contributed by atoms with van der Waals surface area (Å²) < 4.78 is 0. The molecule has 1 rings (SSSR count). The Hall–Kier alpha value is -1.06. The van der Waals surface area contributed by atoms with Gasteiger partial charge in [0.2, 0.25) is 5.91 Å². The number of nitrogens with zero attached hydrogens (tertiary/aromatic N) is 1. The number of rotatable bonds is 6. The zero-order chi connectivity index (χ0) is 15.3. The first kappa shape index (κ1) is 17.0. The lowest BCUT2D eigenvalue weighted by atomic mass is 9.76. The van der Waals surface area contributed by atoms with Crippen LogP contribution in [0.4, 0.5) is 0 Å². The molecule has 1 unspecified atom stereocenters. The van der Waals surface area contributed by atoms with Crippen LogP contribution in [0.15, 0.2) is 0 Å². The van der Waals surface area contributed by atoms with Gasteiger partial charge in [0, 0.05) is 19.5 Å². The molecule has 0 aromatic carbocycles. The van der Waals surface area contributed by atoms with E-state index in [-0.39, 0.29) is 18.2 Å². The lowest BCUT2D eigenvalue weighted by Crippen LogP contribution is -2.44. The molecule has 20 heavy (non-hydrogen) atoms. The molecule has 0 aliphatic carbocycles. The molecule has 1 aliphatic heterocycles. The van der Waals surface area contributed by atoms with Crippen LogP contribution >= 0.6 is 0 Å². The topological polar surface area (TPSA) is 57.6 Å². The molecule has 116 valence electrons. The third kappa shape index (κ3) is 3.97. The van der Waals surface area contributed by atoms with E-state index < -0.39 is 11.4 Å². The van der Waals surface area contributed by atoms with Crippen LogP contribution in [-0.4, -0.2) is 35.0 Å². The summed E-state index contributed by atoms with van der Waals surface area (Å²) in [5, 5.41) is 9.39. The predicted molar refractivity (Wildman–Crippen MR) is 79.4 cm³/mol. The normalized spacial score (nSPS) is 19.9. The molecule has 0 aromatic rings. The van der Waals surface area contributed by atoms with Crippen LogP contribution in [0.5, 0.6) is 0 Å². The van der Waals surface area contributed by atoms with Crippen molar-refractivity contribution >= 4 is 11.9 Å². The predicted octanol–water partition coefficient (Wildman–Crippen LogP) is 3.16. The van der Waals surface area contributed by atoms with E-state index in [1.165, 1.54) is 12.8 Å². The minimum atomic E-state index is -0.961. The van der Waals surface area contributed by atoms with Crippen molar-refractivity contribution in [1.29, 1.82) is 0 Å². The zero-order valence-corrected chi connectivity index (χ0v) is 13.3. The summed E-state index contributed by atoms with van der Waals surface area (Å²) in [5.74, 6) is -0.193. The van der Waals surface area contributed by atoms with Crippen LogP contribution in [-0.2, 0) is 9.59 Å². The van der Waals surface area contributed by atoms with Crippen LogP contribution in [0, 0.1) is 17.3 Å². The van der Waals surface area contributed by atoms with Crippen molar-refractivity contribution in [3.63, 3.8) is 0 Å². The molecule has 1 heterocycles. The van der Waals surface area contributed by atoms with Crippen LogP contribution in [0.25, 0.3) is 0 Å². The molecule has 1 aliphatic rings. The van der Waals surface area contributed by atoms with Crippen molar-refractivity contribution < 1.29 is 14.7 Å². The van der Waals surface area contributed by atoms with E-state index in [4.69, 9.17) is 0 Å². The number of piperidine rings is 1. The molecule has 4 heteroatoms. The van der Waals surface area contributed by atoms with E-state index in [9.17, 15) is 14.7 Å². The summed E-state index contributed by atoms with van der Waals surface area (Å²) in [6.07, 6.45) is 4.67. The van der Waals surface area contributed by atoms with E-state index in [0.29, 0.717) is 0 Å². The van der Waals surface area contributed by atoms with Crippen molar-refractivity contribution in [2.24, 2.45) is 17.3 Å². The molecule has 1 saturated heterocycles. The Bertz CT molecular complexity index is 346. The van der Waals surface area contributed by atoms with Gasteiger partial charge in [0.25, 0.3) is 0 Å². The third-order valence-corrected chi connectivity index (χ3v) is 4.95. The molecule has 0 bridgehead atoms. The highest BCUT2D eigenvalue weighted by Crippen LogP contribution is 2.33. The lowest BCUT2D eigenvalue weighted by Gasteiger charge is -2.35. The number of hydrogen-bond donors (Lipinski definition) is 1. The number of carbonyl (C=O) groups excluding carboxylic acids is 1. The minimum absolute atomic E-state index is 0.00134. The Morgan fingerprint density at radius 1 is 1.30 bits per heavy atom. The molecule has 0 spiro atoms. The van der Waals surface area contributed by atoms with Gasteiger partial charge in [0.15, 0.2) is 0 Å². The average molecular weight is 283 g/mol. The minimum Gasteiger partial charge on any atom is -0.481 e. The number of likely N-dealkylation sites (tertiary alicyclic amines) is 1. The molecule has 1 atom stereocenters. The van der Waals surface area contributed by atoms with Crippen molar-refractivity contribution in [2.75, 3.05) is 13.1 Å². The first-order valence-electron chi connectivity index (χ1n) is 7.82. The van der Waals surface area contributed by atoms with Crippen LogP contribution in [0.2, 0.25) is 0 Å². The fourth-order valence-corrected chi connectivity index (χ4v) is 2.83. The molecule has 0 saturated carbocycles. The molecule has 4 nitrogen and oxygen atoms in total. The van der Waals surface area contributed by atoms with Gasteiger partial charge < -0.3 is 10.0 Å². The standard InChI is InChI=1S/C16H29NO3/c1-5-6-13-7-9-17(10-8-13)14(18)11-16(4,12(2)3)15(19)20/h12-13H,5-11H2,1-4H3,(H,19,20). The maximum Gasteiger partial charge on any atom is 0.310 e. The van der Waals surface area contributed by atoms with Crippen LogP contribution in [0.3, 0.4) is 0 Å². The SMILES string of the molecule is CCCC1CCN(C(=O)CC(C)(C(=O)O)C(C)C)CC1. The number of carbonyl (C=O) groups is 2. The fraction of sp³-hybridized carbons (Fsp3) is 0.875. The highest BCUT2D eigenvalue weighted by molar-refractivity contribution is 5.85. The van der Waals surface area contributed by atoms with Gasteiger partial charge in [-0.15, -0.1) is 0 Å². The molecule has 0 radical (unpaired) electrons. The highest BCUT2D eigenvalue weighted by atomic mass is 16.4. The maximum atomic E-state index is 12.3. The quantitative estimate of drug-likeness (QED) is 0.814. The number of amides is 1. The van der Waals surface area contributed by atoms with Crippen molar-refractivity contribution in [3.8, 4) is 0 Å². The van der Waals surface area contributed by atoms with Gasteiger partial charge in [0.05, 0.1) is 5.41 Å². The summed E-state index contributed by atoms with van der Waals surface area (Å²) >= 11 is 0. The monoisotopic (exact) mass is 283 g/mol. The molecular weight excluding hydrogens is 254 g/mol. The smallest absolute Gasteiger partial charge is 0.310 e. The number of hydrogen-bond acceptors (Lipinski definition) is 2. The molecule has 0 aromatic heterocycles. The summed E-state index contributed by atoms with van der Waals surface area (Å²) in [6.45, 7) is 9.19. The second kappa shape index (κ2) is 7.09. The zero-order valence-electron chi connectivity index (χ0n) is 13.3. The molecule has 1 N–H and O–H groups in total. The Morgan fingerprint density at radius 2 is 1.85 bits per heavy atom. The second-order valence-corrected chi connectivity index (χ2v) is 6.67. The first-order chi connectivity index (χ1) is 9.31. The van der Waals surface area contributed by atoms with E-state index in [0.717, 1.165) is 31.8 Å². The van der Waals surface area contributed by atoms with Gasteiger partial charge in [-0.3, -0.25) is 9.59 Å². The van der Waals surface area contributed by atoms with Crippen LogP contribution in [0.1, 0.15) is 59.8 Å². The van der Waals surface area contributed by atoms with Crippen molar-refractivity contribution in [3.05, 3.63) is 0 Å². The molecule has 1 amide bonds. The maximum absolute atomic E-state index is 12.3. The number of aliphatic carboxylic acids is 1. The Balaban J connectivity index is 2.57. The van der Waals surface area contributed by atoms with Crippen molar-refractivity contribution in [1.82, 2.24) is 4.90 Å². The van der Waals surface area contributed by atoms with E-state index >= 15 is 0 Å². The largest absolute Gasteiger partial charge is 0.481 e. The third-order valence-electron chi connectivity index (χ3n) is 4.95. The van der Waals surface area contributed by atoms with E-state index in [1.807, 2.05) is 18.7 Å². The van der Waals surface area contributed by atoms with Gasteiger partial charge >= 0.3 is 5.97 Å². The van der Waals surface area contributed by atoms with Crippen LogP contribution < -0.4 is 0 Å². The van der Waals surface area contributed by atoms with E-state index in [1.54, 1.807) is 6.92 Å². The Labute approximate surface area is 122 Å². The van der Waals surface area contributed by atoms with Gasteiger partial charge in [-0.05, 0) is 31.6 Å². The average Bonchev–Trinajstić information content (AvgIpc) is 2.39. The number of carboxylic acid groups (broad SMARTS) is 1. The Kier molecular flexibility index (Phi) is 6.03. The molecule has 1 fully saturated rings.